The maximum atomic E-state index is 5.95. The molecule has 2 rings (SSSR count). The van der Waals surface area contributed by atoms with E-state index in [1.165, 1.54) is 32.1 Å². The highest BCUT2D eigenvalue weighted by molar-refractivity contribution is 4.86. The van der Waals surface area contributed by atoms with Crippen LogP contribution in [-0.2, 0) is 4.74 Å². The summed E-state index contributed by atoms with van der Waals surface area (Å²) in [5, 5.41) is 3.47. The Balaban J connectivity index is 1.82. The minimum absolute atomic E-state index is 0.580. The van der Waals surface area contributed by atoms with Gasteiger partial charge in [0.05, 0.1) is 6.10 Å². The summed E-state index contributed by atoms with van der Waals surface area (Å²) >= 11 is 0. The maximum Gasteiger partial charge on any atom is 0.0643 e. The lowest BCUT2D eigenvalue weighted by Gasteiger charge is -2.41. The largest absolute Gasteiger partial charge is 0.378 e. The Kier molecular flexibility index (Phi) is 3.82. The molecule has 0 bridgehead atoms. The molecule has 82 valence electrons. The monoisotopic (exact) mass is 197 g/mol. The molecule has 2 heteroatoms. The average molecular weight is 197 g/mol. The van der Waals surface area contributed by atoms with E-state index in [0.717, 1.165) is 31.5 Å². The van der Waals surface area contributed by atoms with Crippen molar-refractivity contribution in [1.82, 2.24) is 5.32 Å². The predicted octanol–water partition coefficient (Wildman–Crippen LogP) is 2.19. The second-order valence-corrected chi connectivity index (χ2v) is 4.74. The molecule has 1 aliphatic heterocycles. The van der Waals surface area contributed by atoms with Gasteiger partial charge in [-0.25, -0.2) is 0 Å². The Morgan fingerprint density at radius 1 is 1.21 bits per heavy atom. The van der Waals surface area contributed by atoms with E-state index in [9.17, 15) is 0 Å². The standard InChI is InChI=1S/C12H23NO/c1-2-13-9-11-7-4-8-14-12(11)10-5-3-6-10/h10-13H,2-9H2,1H3. The van der Waals surface area contributed by atoms with Gasteiger partial charge < -0.3 is 10.1 Å². The van der Waals surface area contributed by atoms with Gasteiger partial charge in [-0.15, -0.1) is 0 Å². The van der Waals surface area contributed by atoms with Crippen molar-refractivity contribution in [1.29, 1.82) is 0 Å². The molecule has 0 aromatic rings. The molecular weight excluding hydrogens is 174 g/mol. The molecule has 2 aliphatic rings. The molecule has 1 saturated heterocycles. The molecule has 1 aliphatic carbocycles. The first-order valence-corrected chi connectivity index (χ1v) is 6.24. The molecule has 2 nitrogen and oxygen atoms in total. The lowest BCUT2D eigenvalue weighted by Crippen LogP contribution is -2.43. The molecule has 2 fully saturated rings. The highest BCUT2D eigenvalue weighted by Crippen LogP contribution is 2.37. The lowest BCUT2D eigenvalue weighted by atomic mass is 9.74. The smallest absolute Gasteiger partial charge is 0.0643 e. The van der Waals surface area contributed by atoms with Crippen molar-refractivity contribution in [3.05, 3.63) is 0 Å². The van der Waals surface area contributed by atoms with Crippen LogP contribution in [0.15, 0.2) is 0 Å². The molecule has 1 heterocycles. The molecular formula is C12H23NO. The van der Waals surface area contributed by atoms with E-state index in [1.807, 2.05) is 0 Å². The summed E-state index contributed by atoms with van der Waals surface area (Å²) in [5.74, 6) is 1.67. The van der Waals surface area contributed by atoms with Crippen LogP contribution in [0.5, 0.6) is 0 Å². The first-order chi connectivity index (χ1) is 6.92. The molecule has 0 amide bonds. The Morgan fingerprint density at radius 3 is 2.71 bits per heavy atom. The third kappa shape index (κ3) is 2.29. The van der Waals surface area contributed by atoms with Crippen molar-refractivity contribution in [3.8, 4) is 0 Å². The average Bonchev–Trinajstić information content (AvgIpc) is 2.14. The van der Waals surface area contributed by atoms with Gasteiger partial charge in [-0.05, 0) is 44.1 Å². The summed E-state index contributed by atoms with van der Waals surface area (Å²) in [4.78, 5) is 0. The Bertz CT molecular complexity index is 168. The SMILES string of the molecule is CCNCC1CCCOC1C1CCC1. The summed E-state index contributed by atoms with van der Waals surface area (Å²) in [7, 11) is 0. The summed E-state index contributed by atoms with van der Waals surface area (Å²) in [5.41, 5.74) is 0. The molecule has 2 atom stereocenters. The lowest BCUT2D eigenvalue weighted by molar-refractivity contribution is -0.0786. The van der Waals surface area contributed by atoms with Gasteiger partial charge in [-0.2, -0.15) is 0 Å². The Morgan fingerprint density at radius 2 is 2.07 bits per heavy atom. The number of ether oxygens (including phenoxy) is 1. The number of hydrogen-bond acceptors (Lipinski definition) is 2. The van der Waals surface area contributed by atoms with Crippen LogP contribution in [-0.4, -0.2) is 25.8 Å². The topological polar surface area (TPSA) is 21.3 Å². The second kappa shape index (κ2) is 5.13. The normalized spacial score (nSPS) is 34.1. The van der Waals surface area contributed by atoms with Gasteiger partial charge in [0.15, 0.2) is 0 Å². The molecule has 0 spiro atoms. The van der Waals surface area contributed by atoms with Crippen LogP contribution in [0.4, 0.5) is 0 Å². The van der Waals surface area contributed by atoms with E-state index in [2.05, 4.69) is 12.2 Å². The van der Waals surface area contributed by atoms with Gasteiger partial charge in [0.25, 0.3) is 0 Å². The van der Waals surface area contributed by atoms with Crippen LogP contribution in [0.25, 0.3) is 0 Å². The van der Waals surface area contributed by atoms with E-state index in [4.69, 9.17) is 4.74 Å². The minimum Gasteiger partial charge on any atom is -0.378 e. The van der Waals surface area contributed by atoms with Gasteiger partial charge in [-0.3, -0.25) is 0 Å². The Hall–Kier alpha value is -0.0800. The fourth-order valence-corrected chi connectivity index (χ4v) is 2.70. The van der Waals surface area contributed by atoms with Crippen LogP contribution < -0.4 is 5.32 Å². The molecule has 0 radical (unpaired) electrons. The minimum atomic E-state index is 0.580. The summed E-state index contributed by atoms with van der Waals surface area (Å²) in [6, 6.07) is 0. The van der Waals surface area contributed by atoms with E-state index >= 15 is 0 Å². The first-order valence-electron chi connectivity index (χ1n) is 6.24. The summed E-state index contributed by atoms with van der Waals surface area (Å²) in [6.07, 6.45) is 7.46. The number of nitrogens with one attached hydrogen (secondary N) is 1. The van der Waals surface area contributed by atoms with Gasteiger partial charge in [-0.1, -0.05) is 13.3 Å². The number of rotatable bonds is 4. The fraction of sp³-hybridized carbons (Fsp3) is 1.00. The molecule has 1 N–H and O–H groups in total. The molecule has 2 unspecified atom stereocenters. The van der Waals surface area contributed by atoms with E-state index in [0.29, 0.717) is 6.10 Å². The third-order valence-electron chi connectivity index (χ3n) is 3.77. The summed E-state index contributed by atoms with van der Waals surface area (Å²) < 4.78 is 5.95. The Labute approximate surface area is 87.4 Å². The van der Waals surface area contributed by atoms with Crippen molar-refractivity contribution < 1.29 is 4.74 Å². The summed E-state index contributed by atoms with van der Waals surface area (Å²) in [6.45, 7) is 5.44. The highest BCUT2D eigenvalue weighted by Gasteiger charge is 2.35. The zero-order chi connectivity index (χ0) is 9.80. The van der Waals surface area contributed by atoms with Crippen molar-refractivity contribution in [2.45, 2.75) is 45.1 Å². The van der Waals surface area contributed by atoms with Gasteiger partial charge >= 0.3 is 0 Å². The van der Waals surface area contributed by atoms with Crippen LogP contribution in [0.3, 0.4) is 0 Å². The quantitative estimate of drug-likeness (QED) is 0.746. The zero-order valence-electron chi connectivity index (χ0n) is 9.30. The molecule has 14 heavy (non-hydrogen) atoms. The zero-order valence-corrected chi connectivity index (χ0v) is 9.30. The van der Waals surface area contributed by atoms with E-state index < -0.39 is 0 Å². The van der Waals surface area contributed by atoms with Crippen molar-refractivity contribution in [2.75, 3.05) is 19.7 Å². The van der Waals surface area contributed by atoms with Crippen LogP contribution in [0.1, 0.15) is 39.0 Å². The maximum absolute atomic E-state index is 5.95. The van der Waals surface area contributed by atoms with Crippen molar-refractivity contribution in [3.63, 3.8) is 0 Å². The second-order valence-electron chi connectivity index (χ2n) is 4.74. The fourth-order valence-electron chi connectivity index (χ4n) is 2.70. The van der Waals surface area contributed by atoms with Gasteiger partial charge in [0.2, 0.25) is 0 Å². The van der Waals surface area contributed by atoms with Gasteiger partial charge in [0.1, 0.15) is 0 Å². The van der Waals surface area contributed by atoms with Crippen molar-refractivity contribution >= 4 is 0 Å². The van der Waals surface area contributed by atoms with Crippen LogP contribution >= 0.6 is 0 Å². The van der Waals surface area contributed by atoms with Crippen LogP contribution in [0.2, 0.25) is 0 Å². The predicted molar refractivity (Wildman–Crippen MR) is 58.3 cm³/mol. The number of hydrogen-bond donors (Lipinski definition) is 1. The van der Waals surface area contributed by atoms with Crippen LogP contribution in [0, 0.1) is 11.8 Å². The van der Waals surface area contributed by atoms with E-state index in [-0.39, 0.29) is 0 Å². The molecule has 1 saturated carbocycles. The molecule has 0 aromatic heterocycles. The third-order valence-corrected chi connectivity index (χ3v) is 3.77. The van der Waals surface area contributed by atoms with Crippen molar-refractivity contribution in [2.24, 2.45) is 11.8 Å². The first kappa shape index (κ1) is 10.4. The highest BCUT2D eigenvalue weighted by atomic mass is 16.5. The molecule has 0 aromatic carbocycles. The van der Waals surface area contributed by atoms with Gasteiger partial charge in [0, 0.05) is 13.2 Å². The van der Waals surface area contributed by atoms with E-state index in [1.54, 1.807) is 0 Å².